The van der Waals surface area contributed by atoms with Gasteiger partial charge in [-0.1, -0.05) is 23.7 Å². The summed E-state index contributed by atoms with van der Waals surface area (Å²) in [6.07, 6.45) is 1.23. The molecular formula is C18H15ClNO5-. The molecule has 6 nitrogen and oxygen atoms in total. The summed E-state index contributed by atoms with van der Waals surface area (Å²) >= 11 is 5.95. The third kappa shape index (κ3) is 4.51. The standard InChI is InChI=1S/C18H16ClNO5/c1-24-12-7-8-16(25-2)11(9-12)10-15(18(22)23)20-17(21)13-5-3-4-6-14(13)19/h3-10H,1-2H3,(H,20,21)(H,22,23)/p-1/b15-10+. The van der Waals surface area contributed by atoms with Gasteiger partial charge >= 0.3 is 0 Å². The molecule has 7 heteroatoms. The van der Waals surface area contributed by atoms with Gasteiger partial charge in [0.25, 0.3) is 5.91 Å². The van der Waals surface area contributed by atoms with Crippen molar-refractivity contribution in [3.8, 4) is 11.5 Å². The number of carbonyl (C=O) groups is 2. The van der Waals surface area contributed by atoms with E-state index in [0.717, 1.165) is 0 Å². The van der Waals surface area contributed by atoms with Crippen LogP contribution in [0.5, 0.6) is 11.5 Å². The largest absolute Gasteiger partial charge is 0.543 e. The summed E-state index contributed by atoms with van der Waals surface area (Å²) in [7, 11) is 2.92. The Morgan fingerprint density at radius 3 is 2.44 bits per heavy atom. The average Bonchev–Trinajstić information content (AvgIpc) is 2.61. The minimum atomic E-state index is -1.55. The van der Waals surface area contributed by atoms with Crippen LogP contribution in [0, 0.1) is 0 Å². The Hall–Kier alpha value is -2.99. The molecule has 1 amide bonds. The first-order valence-corrected chi connectivity index (χ1v) is 7.55. The predicted octanol–water partition coefficient (Wildman–Crippen LogP) is 1.88. The smallest absolute Gasteiger partial charge is 0.257 e. The number of ether oxygens (including phenoxy) is 2. The lowest BCUT2D eigenvalue weighted by Gasteiger charge is -2.13. The molecule has 1 N–H and O–H groups in total. The second-order valence-electron chi connectivity index (χ2n) is 4.89. The van der Waals surface area contributed by atoms with E-state index in [0.29, 0.717) is 17.1 Å². The number of carboxylic acid groups (broad SMARTS) is 1. The lowest BCUT2D eigenvalue weighted by Crippen LogP contribution is -2.35. The fourth-order valence-electron chi connectivity index (χ4n) is 2.09. The van der Waals surface area contributed by atoms with E-state index in [-0.39, 0.29) is 10.6 Å². The summed E-state index contributed by atoms with van der Waals surface area (Å²) in [6, 6.07) is 11.2. The highest BCUT2D eigenvalue weighted by atomic mass is 35.5. The number of carbonyl (C=O) groups excluding carboxylic acids is 2. The zero-order valence-corrected chi connectivity index (χ0v) is 14.3. The molecule has 0 aliphatic rings. The normalized spacial score (nSPS) is 10.9. The van der Waals surface area contributed by atoms with Gasteiger partial charge in [-0.2, -0.15) is 0 Å². The predicted molar refractivity (Wildman–Crippen MR) is 91.4 cm³/mol. The van der Waals surface area contributed by atoms with Crippen molar-refractivity contribution in [1.29, 1.82) is 0 Å². The van der Waals surface area contributed by atoms with Gasteiger partial charge in [0.05, 0.1) is 36.5 Å². The minimum Gasteiger partial charge on any atom is -0.543 e. The van der Waals surface area contributed by atoms with Gasteiger partial charge in [0, 0.05) is 5.56 Å². The minimum absolute atomic E-state index is 0.147. The Morgan fingerprint density at radius 2 is 1.84 bits per heavy atom. The van der Waals surface area contributed by atoms with Gasteiger partial charge in [-0.05, 0) is 36.4 Å². The molecule has 0 heterocycles. The Balaban J connectivity index is 2.38. The highest BCUT2D eigenvalue weighted by Gasteiger charge is 2.13. The van der Waals surface area contributed by atoms with Gasteiger partial charge < -0.3 is 24.7 Å². The molecule has 2 aromatic carbocycles. The third-order valence-corrected chi connectivity index (χ3v) is 3.65. The summed E-state index contributed by atoms with van der Waals surface area (Å²) in [6.45, 7) is 0. The lowest BCUT2D eigenvalue weighted by molar-refractivity contribution is -0.299. The summed E-state index contributed by atoms with van der Waals surface area (Å²) in [5.41, 5.74) is 0.117. The van der Waals surface area contributed by atoms with Crippen molar-refractivity contribution < 1.29 is 24.2 Å². The van der Waals surface area contributed by atoms with Crippen LogP contribution in [-0.4, -0.2) is 26.1 Å². The topological polar surface area (TPSA) is 87.7 Å². The number of rotatable bonds is 6. The maximum Gasteiger partial charge on any atom is 0.257 e. The van der Waals surface area contributed by atoms with Crippen molar-refractivity contribution in [3.05, 3.63) is 64.3 Å². The summed E-state index contributed by atoms with van der Waals surface area (Å²) < 4.78 is 10.3. The number of hydrogen-bond donors (Lipinski definition) is 1. The number of aliphatic carboxylic acids is 1. The van der Waals surface area contributed by atoms with Crippen LogP contribution in [0.15, 0.2) is 48.2 Å². The van der Waals surface area contributed by atoms with E-state index < -0.39 is 17.6 Å². The second-order valence-corrected chi connectivity index (χ2v) is 5.29. The van der Waals surface area contributed by atoms with Crippen LogP contribution in [0.25, 0.3) is 6.08 Å². The molecule has 2 rings (SSSR count). The zero-order chi connectivity index (χ0) is 18.4. The van der Waals surface area contributed by atoms with E-state index in [1.165, 1.54) is 32.4 Å². The van der Waals surface area contributed by atoms with E-state index in [2.05, 4.69) is 5.32 Å². The monoisotopic (exact) mass is 360 g/mol. The number of methoxy groups -OCH3 is 2. The molecular weight excluding hydrogens is 346 g/mol. The van der Waals surface area contributed by atoms with E-state index in [1.54, 1.807) is 30.3 Å². The molecule has 0 spiro atoms. The van der Waals surface area contributed by atoms with E-state index in [4.69, 9.17) is 21.1 Å². The van der Waals surface area contributed by atoms with Gasteiger partial charge in [0.2, 0.25) is 0 Å². The van der Waals surface area contributed by atoms with Crippen LogP contribution in [0.1, 0.15) is 15.9 Å². The van der Waals surface area contributed by atoms with Crippen molar-refractivity contribution in [2.24, 2.45) is 0 Å². The first kappa shape index (κ1) is 18.4. The Kier molecular flexibility index (Phi) is 6.03. The first-order valence-electron chi connectivity index (χ1n) is 7.17. The number of amides is 1. The second kappa shape index (κ2) is 8.21. The van der Waals surface area contributed by atoms with Gasteiger partial charge in [-0.25, -0.2) is 0 Å². The molecule has 0 fully saturated rings. The molecule has 0 saturated heterocycles. The van der Waals surface area contributed by atoms with Crippen LogP contribution in [0.4, 0.5) is 0 Å². The molecule has 0 unspecified atom stereocenters. The van der Waals surface area contributed by atoms with Crippen molar-refractivity contribution in [3.63, 3.8) is 0 Å². The molecule has 0 saturated carbocycles. The van der Waals surface area contributed by atoms with Crippen LogP contribution in [0.2, 0.25) is 5.02 Å². The molecule has 130 valence electrons. The number of nitrogens with one attached hydrogen (secondary N) is 1. The number of benzene rings is 2. The van der Waals surface area contributed by atoms with Crippen LogP contribution in [0.3, 0.4) is 0 Å². The summed E-state index contributed by atoms with van der Waals surface area (Å²) in [5, 5.41) is 13.9. The molecule has 0 aliphatic carbocycles. The average molecular weight is 361 g/mol. The molecule has 0 bridgehead atoms. The maximum absolute atomic E-state index is 12.3. The zero-order valence-electron chi connectivity index (χ0n) is 13.5. The SMILES string of the molecule is COc1ccc(OC)c(/C=C(/NC(=O)c2ccccc2Cl)C(=O)[O-])c1. The molecule has 0 aliphatic heterocycles. The Bertz CT molecular complexity index is 832. The third-order valence-electron chi connectivity index (χ3n) is 3.32. The number of carboxylic acids is 1. The Labute approximate surface area is 149 Å². The van der Waals surface area contributed by atoms with Crippen molar-refractivity contribution in [1.82, 2.24) is 5.32 Å². The van der Waals surface area contributed by atoms with Crippen molar-refractivity contribution in [2.75, 3.05) is 14.2 Å². The van der Waals surface area contributed by atoms with E-state index in [1.807, 2.05) is 0 Å². The molecule has 0 radical (unpaired) electrons. The lowest BCUT2D eigenvalue weighted by atomic mass is 10.1. The fourth-order valence-corrected chi connectivity index (χ4v) is 2.31. The fraction of sp³-hybridized carbons (Fsp3) is 0.111. The van der Waals surface area contributed by atoms with Gasteiger partial charge in [-0.15, -0.1) is 0 Å². The van der Waals surface area contributed by atoms with Crippen LogP contribution in [-0.2, 0) is 4.79 Å². The maximum atomic E-state index is 12.3. The van der Waals surface area contributed by atoms with Crippen molar-refractivity contribution in [2.45, 2.75) is 0 Å². The molecule has 0 atom stereocenters. The first-order chi connectivity index (χ1) is 12.0. The summed E-state index contributed by atoms with van der Waals surface area (Å²) in [4.78, 5) is 23.7. The van der Waals surface area contributed by atoms with Gasteiger partial charge in [0.15, 0.2) is 0 Å². The highest BCUT2D eigenvalue weighted by Crippen LogP contribution is 2.26. The van der Waals surface area contributed by atoms with Crippen molar-refractivity contribution >= 4 is 29.6 Å². The highest BCUT2D eigenvalue weighted by molar-refractivity contribution is 6.34. The number of hydrogen-bond acceptors (Lipinski definition) is 5. The van der Waals surface area contributed by atoms with E-state index in [9.17, 15) is 14.7 Å². The van der Waals surface area contributed by atoms with E-state index >= 15 is 0 Å². The number of halogens is 1. The van der Waals surface area contributed by atoms with Gasteiger partial charge in [0.1, 0.15) is 11.5 Å². The summed E-state index contributed by atoms with van der Waals surface area (Å²) in [5.74, 6) is -1.30. The quantitative estimate of drug-likeness (QED) is 0.795. The molecule has 2 aromatic rings. The van der Waals surface area contributed by atoms with Gasteiger partial charge in [-0.3, -0.25) is 4.79 Å². The Morgan fingerprint density at radius 1 is 1.12 bits per heavy atom. The molecule has 0 aromatic heterocycles. The van der Waals surface area contributed by atoms with Crippen LogP contribution >= 0.6 is 11.6 Å². The van der Waals surface area contributed by atoms with Crippen LogP contribution < -0.4 is 19.9 Å². The molecule has 25 heavy (non-hydrogen) atoms.